The van der Waals surface area contributed by atoms with E-state index in [0.29, 0.717) is 49.3 Å². The fourth-order valence-corrected chi connectivity index (χ4v) is 4.45. The highest BCUT2D eigenvalue weighted by molar-refractivity contribution is 5.44. The molecule has 0 unspecified atom stereocenters. The summed E-state index contributed by atoms with van der Waals surface area (Å²) in [5, 5.41) is 7.15. The van der Waals surface area contributed by atoms with Gasteiger partial charge in [0.1, 0.15) is 13.2 Å². The Morgan fingerprint density at radius 2 is 0.925 bits per heavy atom. The van der Waals surface area contributed by atoms with E-state index < -0.39 is 0 Å². The molecule has 40 heavy (non-hydrogen) atoms. The Kier molecular flexibility index (Phi) is 10.8. The highest BCUT2D eigenvalue weighted by Gasteiger charge is 2.11. The quantitative estimate of drug-likeness (QED) is 0.161. The first-order valence-electron chi connectivity index (χ1n) is 13.7. The second-order valence-electron chi connectivity index (χ2n) is 9.69. The molecule has 2 atom stereocenters. The van der Waals surface area contributed by atoms with Crippen LogP contribution in [0.25, 0.3) is 0 Å². The third kappa shape index (κ3) is 8.25. The fraction of sp³-hybridized carbons (Fsp3) is 0.294. The Hall–Kier alpha value is -4.00. The van der Waals surface area contributed by atoms with Crippen LogP contribution in [0.4, 0.5) is 0 Å². The molecule has 0 fully saturated rings. The van der Waals surface area contributed by atoms with Gasteiger partial charge in [0.2, 0.25) is 0 Å². The number of rotatable bonds is 15. The first-order chi connectivity index (χ1) is 19.6. The standard InChI is InChI=1S/C34H40N2O4/c1-25(29-11-7-5-8-12-29)35-23-27-15-17-31(37-3)33(21-27)39-19-20-40-34-22-28(16-18-32(34)38-4)24-36-26(2)30-13-9-6-10-14-30/h5-18,21-22,25-26,35-36H,19-20,23-24H2,1-4H3/t25-,26-/m1/s1. The van der Waals surface area contributed by atoms with Gasteiger partial charge in [0.15, 0.2) is 23.0 Å². The molecule has 0 bridgehead atoms. The Labute approximate surface area is 238 Å². The monoisotopic (exact) mass is 540 g/mol. The van der Waals surface area contributed by atoms with E-state index in [4.69, 9.17) is 18.9 Å². The molecule has 0 heterocycles. The van der Waals surface area contributed by atoms with Crippen LogP contribution < -0.4 is 29.6 Å². The molecule has 4 aromatic rings. The van der Waals surface area contributed by atoms with E-state index in [0.717, 1.165) is 11.1 Å². The third-order valence-corrected chi connectivity index (χ3v) is 6.88. The van der Waals surface area contributed by atoms with Crippen molar-refractivity contribution < 1.29 is 18.9 Å². The van der Waals surface area contributed by atoms with Crippen molar-refractivity contribution in [3.63, 3.8) is 0 Å². The molecule has 0 aliphatic rings. The average molecular weight is 541 g/mol. The van der Waals surface area contributed by atoms with Crippen LogP contribution in [0.3, 0.4) is 0 Å². The second kappa shape index (κ2) is 15.0. The van der Waals surface area contributed by atoms with Gasteiger partial charge in [-0.15, -0.1) is 0 Å². The van der Waals surface area contributed by atoms with Crippen LogP contribution in [0.1, 0.15) is 48.2 Å². The molecule has 4 aromatic carbocycles. The van der Waals surface area contributed by atoms with E-state index in [1.54, 1.807) is 14.2 Å². The largest absolute Gasteiger partial charge is 0.493 e. The predicted molar refractivity (Wildman–Crippen MR) is 160 cm³/mol. The lowest BCUT2D eigenvalue weighted by atomic mass is 10.1. The lowest BCUT2D eigenvalue weighted by Gasteiger charge is -2.17. The van der Waals surface area contributed by atoms with Crippen LogP contribution in [0.15, 0.2) is 97.1 Å². The fourth-order valence-electron chi connectivity index (χ4n) is 4.45. The highest BCUT2D eigenvalue weighted by Crippen LogP contribution is 2.30. The molecular weight excluding hydrogens is 500 g/mol. The van der Waals surface area contributed by atoms with Crippen molar-refractivity contribution in [2.24, 2.45) is 0 Å². The van der Waals surface area contributed by atoms with Crippen LogP contribution in [-0.2, 0) is 13.1 Å². The van der Waals surface area contributed by atoms with Gasteiger partial charge in [0.25, 0.3) is 0 Å². The summed E-state index contributed by atoms with van der Waals surface area (Å²) in [5.74, 6) is 2.77. The van der Waals surface area contributed by atoms with Crippen molar-refractivity contribution in [3.05, 3.63) is 119 Å². The van der Waals surface area contributed by atoms with Gasteiger partial charge in [0, 0.05) is 25.2 Å². The topological polar surface area (TPSA) is 61.0 Å². The van der Waals surface area contributed by atoms with Crippen molar-refractivity contribution in [3.8, 4) is 23.0 Å². The Balaban J connectivity index is 1.30. The van der Waals surface area contributed by atoms with Crippen molar-refractivity contribution in [2.45, 2.75) is 39.0 Å². The molecule has 0 saturated carbocycles. The van der Waals surface area contributed by atoms with E-state index in [9.17, 15) is 0 Å². The SMILES string of the molecule is COc1ccc(CN[C@H](C)c2ccccc2)cc1OCCOc1cc(CN[C@H](C)c2ccccc2)ccc1OC. The molecule has 6 heteroatoms. The Morgan fingerprint density at radius 3 is 1.30 bits per heavy atom. The summed E-state index contributed by atoms with van der Waals surface area (Å²) < 4.78 is 23.2. The highest BCUT2D eigenvalue weighted by atomic mass is 16.5. The van der Waals surface area contributed by atoms with E-state index in [2.05, 4.69) is 85.1 Å². The summed E-state index contributed by atoms with van der Waals surface area (Å²) in [7, 11) is 3.30. The summed E-state index contributed by atoms with van der Waals surface area (Å²) in [6, 6.07) is 33.3. The zero-order chi connectivity index (χ0) is 28.2. The van der Waals surface area contributed by atoms with E-state index >= 15 is 0 Å². The van der Waals surface area contributed by atoms with Crippen molar-refractivity contribution in [1.82, 2.24) is 10.6 Å². The van der Waals surface area contributed by atoms with Crippen LogP contribution in [0, 0.1) is 0 Å². The lowest BCUT2D eigenvalue weighted by molar-refractivity contribution is 0.206. The number of nitrogens with one attached hydrogen (secondary N) is 2. The molecule has 0 aliphatic heterocycles. The number of hydrogen-bond donors (Lipinski definition) is 2. The maximum atomic E-state index is 6.08. The minimum atomic E-state index is 0.239. The van der Waals surface area contributed by atoms with Crippen LogP contribution >= 0.6 is 0 Å². The summed E-state index contributed by atoms with van der Waals surface area (Å²) >= 11 is 0. The first-order valence-corrected chi connectivity index (χ1v) is 13.7. The zero-order valence-corrected chi connectivity index (χ0v) is 23.9. The van der Waals surface area contributed by atoms with Gasteiger partial charge in [-0.3, -0.25) is 0 Å². The van der Waals surface area contributed by atoms with Gasteiger partial charge in [0.05, 0.1) is 14.2 Å². The molecule has 6 nitrogen and oxygen atoms in total. The second-order valence-corrected chi connectivity index (χ2v) is 9.69. The molecule has 0 aromatic heterocycles. The Bertz CT molecular complexity index is 1210. The minimum absolute atomic E-state index is 0.239. The van der Waals surface area contributed by atoms with E-state index in [-0.39, 0.29) is 12.1 Å². The maximum absolute atomic E-state index is 6.08. The normalized spacial score (nSPS) is 12.4. The molecule has 0 amide bonds. The van der Waals surface area contributed by atoms with Gasteiger partial charge in [-0.2, -0.15) is 0 Å². The number of hydrogen-bond acceptors (Lipinski definition) is 6. The summed E-state index contributed by atoms with van der Waals surface area (Å²) in [6.07, 6.45) is 0. The summed E-state index contributed by atoms with van der Waals surface area (Å²) in [5.41, 5.74) is 4.74. The molecule has 0 spiro atoms. The molecule has 4 rings (SSSR count). The Morgan fingerprint density at radius 1 is 0.525 bits per heavy atom. The number of methoxy groups -OCH3 is 2. The minimum Gasteiger partial charge on any atom is -0.493 e. The van der Waals surface area contributed by atoms with Crippen molar-refractivity contribution in [1.29, 1.82) is 0 Å². The van der Waals surface area contributed by atoms with Crippen LogP contribution in [-0.4, -0.2) is 27.4 Å². The van der Waals surface area contributed by atoms with Gasteiger partial charge in [-0.05, 0) is 60.4 Å². The first kappa shape index (κ1) is 29.0. The molecule has 210 valence electrons. The maximum Gasteiger partial charge on any atom is 0.161 e. The summed E-state index contributed by atoms with van der Waals surface area (Å²) in [4.78, 5) is 0. The third-order valence-electron chi connectivity index (χ3n) is 6.88. The van der Waals surface area contributed by atoms with Crippen LogP contribution in [0.2, 0.25) is 0 Å². The van der Waals surface area contributed by atoms with Crippen molar-refractivity contribution in [2.75, 3.05) is 27.4 Å². The van der Waals surface area contributed by atoms with E-state index in [1.165, 1.54) is 11.1 Å². The average Bonchev–Trinajstić information content (AvgIpc) is 3.01. The van der Waals surface area contributed by atoms with Gasteiger partial charge < -0.3 is 29.6 Å². The zero-order valence-electron chi connectivity index (χ0n) is 23.9. The molecule has 0 radical (unpaired) electrons. The van der Waals surface area contributed by atoms with Crippen molar-refractivity contribution >= 4 is 0 Å². The molecular formula is C34H40N2O4. The van der Waals surface area contributed by atoms with Gasteiger partial charge >= 0.3 is 0 Å². The summed E-state index contributed by atoms with van der Waals surface area (Å²) in [6.45, 7) is 6.49. The molecule has 2 N–H and O–H groups in total. The molecule has 0 aliphatic carbocycles. The van der Waals surface area contributed by atoms with Crippen LogP contribution in [0.5, 0.6) is 23.0 Å². The number of ether oxygens (including phenoxy) is 4. The predicted octanol–water partition coefficient (Wildman–Crippen LogP) is 6.86. The van der Waals surface area contributed by atoms with E-state index in [1.807, 2.05) is 36.4 Å². The lowest BCUT2D eigenvalue weighted by Crippen LogP contribution is -2.18. The van der Waals surface area contributed by atoms with Gasteiger partial charge in [-0.1, -0.05) is 72.8 Å². The van der Waals surface area contributed by atoms with Gasteiger partial charge in [-0.25, -0.2) is 0 Å². The number of benzene rings is 4. The smallest absolute Gasteiger partial charge is 0.161 e. The molecule has 0 saturated heterocycles.